The Kier molecular flexibility index (Phi) is 4.46. The van der Waals surface area contributed by atoms with Gasteiger partial charge in [0.25, 0.3) is 0 Å². The van der Waals surface area contributed by atoms with Gasteiger partial charge in [0.15, 0.2) is 0 Å². The quantitative estimate of drug-likeness (QED) is 0.884. The van der Waals surface area contributed by atoms with Gasteiger partial charge in [-0.05, 0) is 23.8 Å². The third kappa shape index (κ3) is 3.37. The predicted molar refractivity (Wildman–Crippen MR) is 84.2 cm³/mol. The number of carboxylic acid groups (broad SMARTS) is 1. The molecule has 3 rings (SSSR count). The summed E-state index contributed by atoms with van der Waals surface area (Å²) in [4.78, 5) is 23.7. The Bertz CT molecular complexity index is 760. The number of para-hydroxylation sites is 1. The number of ether oxygens (including phenoxy) is 1. The molecule has 2 atom stereocenters. The number of hydrogen-bond acceptors (Lipinski definition) is 3. The monoisotopic (exact) mass is 329 g/mol. The molecule has 2 aromatic rings. The Labute approximate surface area is 138 Å². The van der Waals surface area contributed by atoms with E-state index in [0.717, 1.165) is 5.56 Å². The second-order valence-electron chi connectivity index (χ2n) is 5.61. The lowest BCUT2D eigenvalue weighted by molar-refractivity contribution is -0.137. The van der Waals surface area contributed by atoms with Crippen molar-refractivity contribution < 1.29 is 23.8 Å². The number of amides is 1. The van der Waals surface area contributed by atoms with Gasteiger partial charge in [0, 0.05) is 5.56 Å². The minimum Gasteiger partial charge on any atom is -0.492 e. The van der Waals surface area contributed by atoms with Crippen molar-refractivity contribution in [3.8, 4) is 5.75 Å². The minimum atomic E-state index is -1.05. The molecule has 2 aromatic carbocycles. The number of rotatable bonds is 5. The van der Waals surface area contributed by atoms with E-state index < -0.39 is 23.7 Å². The van der Waals surface area contributed by atoms with Gasteiger partial charge in [0.1, 0.15) is 24.1 Å². The molecule has 0 radical (unpaired) electrons. The standard InChI is InChI=1S/C18H16FNO4/c19-12-7-5-11(6-8-12)15(9-17(21)22)20-18(23)14-10-24-16-4-2-1-3-13(14)16/h1-8,14-15H,9-10H2,(H,20,23)(H,21,22)/t14-,15+/m1/s1. The Morgan fingerprint density at radius 3 is 2.62 bits per heavy atom. The fourth-order valence-corrected chi connectivity index (χ4v) is 2.77. The highest BCUT2D eigenvalue weighted by Crippen LogP contribution is 2.34. The first-order chi connectivity index (χ1) is 11.5. The van der Waals surface area contributed by atoms with Crippen LogP contribution in [-0.2, 0) is 9.59 Å². The van der Waals surface area contributed by atoms with E-state index in [9.17, 15) is 14.0 Å². The molecule has 0 aliphatic carbocycles. The molecule has 0 aromatic heterocycles. The fourth-order valence-electron chi connectivity index (χ4n) is 2.77. The molecule has 1 amide bonds. The van der Waals surface area contributed by atoms with E-state index in [2.05, 4.69) is 5.32 Å². The maximum atomic E-state index is 13.1. The second-order valence-corrected chi connectivity index (χ2v) is 5.61. The molecule has 2 N–H and O–H groups in total. The molecule has 5 nitrogen and oxygen atoms in total. The molecule has 1 heterocycles. The summed E-state index contributed by atoms with van der Waals surface area (Å²) in [5.41, 5.74) is 1.32. The molecular formula is C18H16FNO4. The van der Waals surface area contributed by atoms with Gasteiger partial charge >= 0.3 is 5.97 Å². The topological polar surface area (TPSA) is 75.6 Å². The van der Waals surface area contributed by atoms with E-state index >= 15 is 0 Å². The Balaban J connectivity index is 1.79. The Hall–Kier alpha value is -2.89. The minimum absolute atomic E-state index is 0.217. The summed E-state index contributed by atoms with van der Waals surface area (Å²) in [6, 6.07) is 11.9. The van der Waals surface area contributed by atoms with Gasteiger partial charge in [0.2, 0.25) is 5.91 Å². The zero-order valence-corrected chi connectivity index (χ0v) is 12.7. The van der Waals surface area contributed by atoms with Gasteiger partial charge in [-0.1, -0.05) is 30.3 Å². The number of carbonyl (C=O) groups is 2. The molecule has 0 spiro atoms. The first kappa shape index (κ1) is 16.0. The normalized spacial score (nSPS) is 16.8. The summed E-state index contributed by atoms with van der Waals surface area (Å²) in [5, 5.41) is 11.8. The molecule has 0 fully saturated rings. The lowest BCUT2D eigenvalue weighted by atomic mass is 9.98. The summed E-state index contributed by atoms with van der Waals surface area (Å²) < 4.78 is 18.6. The van der Waals surface area contributed by atoms with Gasteiger partial charge in [-0.15, -0.1) is 0 Å². The van der Waals surface area contributed by atoms with Gasteiger partial charge in [-0.3, -0.25) is 9.59 Å². The molecule has 6 heteroatoms. The summed E-state index contributed by atoms with van der Waals surface area (Å²) in [7, 11) is 0. The van der Waals surface area contributed by atoms with E-state index in [4.69, 9.17) is 9.84 Å². The summed E-state index contributed by atoms with van der Waals surface area (Å²) in [6.07, 6.45) is -0.285. The van der Waals surface area contributed by atoms with Crippen LogP contribution in [0.1, 0.15) is 29.5 Å². The number of fused-ring (bicyclic) bond motifs is 1. The molecule has 0 bridgehead atoms. The first-order valence-electron chi connectivity index (χ1n) is 7.54. The van der Waals surface area contributed by atoms with E-state index in [1.165, 1.54) is 24.3 Å². The number of nitrogens with one attached hydrogen (secondary N) is 1. The average molecular weight is 329 g/mol. The lowest BCUT2D eigenvalue weighted by Crippen LogP contribution is -2.34. The summed E-state index contributed by atoms with van der Waals surface area (Å²) in [6.45, 7) is 0.217. The van der Waals surface area contributed by atoms with Crippen molar-refractivity contribution in [2.45, 2.75) is 18.4 Å². The van der Waals surface area contributed by atoms with E-state index in [1.54, 1.807) is 6.07 Å². The number of halogens is 1. The number of carboxylic acids is 1. The third-order valence-corrected chi connectivity index (χ3v) is 3.98. The van der Waals surface area contributed by atoms with Crippen LogP contribution in [0.4, 0.5) is 4.39 Å². The van der Waals surface area contributed by atoms with Crippen LogP contribution in [0.2, 0.25) is 0 Å². The van der Waals surface area contributed by atoms with Crippen LogP contribution in [0, 0.1) is 5.82 Å². The zero-order chi connectivity index (χ0) is 17.1. The van der Waals surface area contributed by atoms with Crippen molar-refractivity contribution in [1.29, 1.82) is 0 Å². The van der Waals surface area contributed by atoms with Crippen molar-refractivity contribution in [2.24, 2.45) is 0 Å². The SMILES string of the molecule is O=C(O)C[C@H](NC(=O)[C@@H]1COc2ccccc21)c1ccc(F)cc1. The number of aliphatic carboxylic acids is 1. The number of hydrogen-bond donors (Lipinski definition) is 2. The molecule has 1 aliphatic rings. The van der Waals surface area contributed by atoms with Crippen LogP contribution >= 0.6 is 0 Å². The van der Waals surface area contributed by atoms with Crippen LogP contribution < -0.4 is 10.1 Å². The third-order valence-electron chi connectivity index (χ3n) is 3.98. The first-order valence-corrected chi connectivity index (χ1v) is 7.54. The van der Waals surface area contributed by atoms with Gasteiger partial charge in [-0.2, -0.15) is 0 Å². The van der Waals surface area contributed by atoms with E-state index in [0.29, 0.717) is 11.3 Å². The van der Waals surface area contributed by atoms with Crippen LogP contribution in [0.25, 0.3) is 0 Å². The zero-order valence-electron chi connectivity index (χ0n) is 12.7. The highest BCUT2D eigenvalue weighted by atomic mass is 19.1. The maximum absolute atomic E-state index is 13.1. The van der Waals surface area contributed by atoms with Crippen molar-refractivity contribution in [1.82, 2.24) is 5.32 Å². The van der Waals surface area contributed by atoms with Crippen molar-refractivity contribution in [2.75, 3.05) is 6.61 Å². The van der Waals surface area contributed by atoms with Gasteiger partial charge in [0.05, 0.1) is 12.5 Å². The molecule has 1 aliphatic heterocycles. The summed E-state index contributed by atoms with van der Waals surface area (Å²) >= 11 is 0. The summed E-state index contributed by atoms with van der Waals surface area (Å²) in [5.74, 6) is -1.60. The molecule has 124 valence electrons. The Morgan fingerprint density at radius 2 is 1.92 bits per heavy atom. The smallest absolute Gasteiger partial charge is 0.305 e. The molecule has 24 heavy (non-hydrogen) atoms. The lowest BCUT2D eigenvalue weighted by Gasteiger charge is -2.19. The van der Waals surface area contributed by atoms with Crippen LogP contribution in [0.15, 0.2) is 48.5 Å². The molecule has 0 saturated heterocycles. The van der Waals surface area contributed by atoms with E-state index in [1.807, 2.05) is 18.2 Å². The van der Waals surface area contributed by atoms with Crippen LogP contribution in [0.5, 0.6) is 5.75 Å². The maximum Gasteiger partial charge on any atom is 0.305 e. The van der Waals surface area contributed by atoms with Crippen LogP contribution in [-0.4, -0.2) is 23.6 Å². The van der Waals surface area contributed by atoms with Crippen molar-refractivity contribution in [3.63, 3.8) is 0 Å². The molecule has 0 unspecified atom stereocenters. The number of carbonyl (C=O) groups excluding carboxylic acids is 1. The van der Waals surface area contributed by atoms with E-state index in [-0.39, 0.29) is 18.9 Å². The van der Waals surface area contributed by atoms with Gasteiger partial charge < -0.3 is 15.2 Å². The van der Waals surface area contributed by atoms with Gasteiger partial charge in [-0.25, -0.2) is 4.39 Å². The average Bonchev–Trinajstić information content (AvgIpc) is 2.98. The highest BCUT2D eigenvalue weighted by Gasteiger charge is 2.31. The number of benzene rings is 2. The Morgan fingerprint density at radius 1 is 1.21 bits per heavy atom. The highest BCUT2D eigenvalue weighted by molar-refractivity contribution is 5.86. The van der Waals surface area contributed by atoms with Crippen LogP contribution in [0.3, 0.4) is 0 Å². The van der Waals surface area contributed by atoms with Crippen molar-refractivity contribution in [3.05, 3.63) is 65.5 Å². The second kappa shape index (κ2) is 6.70. The largest absolute Gasteiger partial charge is 0.492 e. The fraction of sp³-hybridized carbons (Fsp3) is 0.222. The van der Waals surface area contributed by atoms with Crippen molar-refractivity contribution >= 4 is 11.9 Å². The predicted octanol–water partition coefficient (Wildman–Crippen LogP) is 2.63. The molecular weight excluding hydrogens is 313 g/mol. The molecule has 0 saturated carbocycles.